The van der Waals surface area contributed by atoms with Gasteiger partial charge in [-0.25, -0.2) is 15.0 Å². The maximum absolute atomic E-state index is 6.14. The van der Waals surface area contributed by atoms with Crippen LogP contribution in [0.5, 0.6) is 0 Å². The highest BCUT2D eigenvalue weighted by Crippen LogP contribution is 2.44. The molecule has 5 heterocycles. The number of nitrogens with zero attached hydrogens (tertiary/aromatic N) is 4. The van der Waals surface area contributed by atoms with Crippen LogP contribution in [0.1, 0.15) is 25.0 Å². The molecular weight excluding hydrogens is 398 g/mol. The Hall–Kier alpha value is -2.55. The van der Waals surface area contributed by atoms with Crippen LogP contribution in [0.25, 0.3) is 31.9 Å². The largest absolute Gasteiger partial charge is 0.463 e. The normalized spacial score (nSPS) is 15.8. The Kier molecular flexibility index (Phi) is 4.72. The van der Waals surface area contributed by atoms with E-state index in [4.69, 9.17) is 14.1 Å². The SMILES string of the molecule is CN(C)CCNc1ncnc2c1sc1nc(-c3ccco3)c3c(c12)CC(C)(C)OC3. The van der Waals surface area contributed by atoms with Crippen molar-refractivity contribution in [1.82, 2.24) is 19.9 Å². The Morgan fingerprint density at radius 1 is 1.23 bits per heavy atom. The summed E-state index contributed by atoms with van der Waals surface area (Å²) < 4.78 is 12.9. The first-order valence-electron chi connectivity index (χ1n) is 10.1. The highest BCUT2D eigenvalue weighted by Gasteiger charge is 2.32. The summed E-state index contributed by atoms with van der Waals surface area (Å²) in [5, 5.41) is 4.59. The topological polar surface area (TPSA) is 76.3 Å². The fourth-order valence-corrected chi connectivity index (χ4v) is 5.07. The molecule has 8 heteroatoms. The van der Waals surface area contributed by atoms with E-state index < -0.39 is 0 Å². The smallest absolute Gasteiger partial charge is 0.152 e. The number of fused-ring (bicyclic) bond motifs is 5. The molecule has 0 saturated heterocycles. The maximum Gasteiger partial charge on any atom is 0.152 e. The number of hydrogen-bond donors (Lipinski definition) is 1. The third-order valence-electron chi connectivity index (χ3n) is 5.43. The molecule has 0 aromatic carbocycles. The quantitative estimate of drug-likeness (QED) is 0.512. The first-order chi connectivity index (χ1) is 14.4. The van der Waals surface area contributed by atoms with Crippen molar-refractivity contribution in [3.63, 3.8) is 0 Å². The van der Waals surface area contributed by atoms with Crippen molar-refractivity contribution in [2.24, 2.45) is 0 Å². The number of hydrogen-bond acceptors (Lipinski definition) is 8. The van der Waals surface area contributed by atoms with Gasteiger partial charge >= 0.3 is 0 Å². The van der Waals surface area contributed by atoms with Crippen LogP contribution in [0.4, 0.5) is 5.82 Å². The molecule has 1 aliphatic rings. The Morgan fingerprint density at radius 2 is 2.10 bits per heavy atom. The molecule has 0 atom stereocenters. The molecule has 1 aliphatic heterocycles. The summed E-state index contributed by atoms with van der Waals surface area (Å²) >= 11 is 1.64. The molecule has 156 valence electrons. The highest BCUT2D eigenvalue weighted by atomic mass is 32.1. The second-order valence-electron chi connectivity index (χ2n) is 8.53. The Bertz CT molecular complexity index is 1210. The van der Waals surface area contributed by atoms with Gasteiger partial charge in [-0.1, -0.05) is 0 Å². The minimum Gasteiger partial charge on any atom is -0.463 e. The fraction of sp³-hybridized carbons (Fsp3) is 0.409. The van der Waals surface area contributed by atoms with Crippen LogP contribution in [0.15, 0.2) is 29.1 Å². The number of aromatic nitrogens is 3. The number of pyridine rings is 1. The van der Waals surface area contributed by atoms with Crippen molar-refractivity contribution in [1.29, 1.82) is 0 Å². The molecule has 0 radical (unpaired) electrons. The van der Waals surface area contributed by atoms with E-state index >= 15 is 0 Å². The molecule has 0 fully saturated rings. The van der Waals surface area contributed by atoms with Crippen molar-refractivity contribution in [2.75, 3.05) is 32.5 Å². The average molecular weight is 424 g/mol. The highest BCUT2D eigenvalue weighted by molar-refractivity contribution is 7.26. The summed E-state index contributed by atoms with van der Waals surface area (Å²) in [6.07, 6.45) is 4.13. The molecule has 0 amide bonds. The van der Waals surface area contributed by atoms with E-state index in [2.05, 4.69) is 48.1 Å². The zero-order valence-electron chi connectivity index (χ0n) is 17.7. The van der Waals surface area contributed by atoms with Crippen molar-refractivity contribution in [3.8, 4) is 11.5 Å². The summed E-state index contributed by atoms with van der Waals surface area (Å²) in [6, 6.07) is 3.85. The van der Waals surface area contributed by atoms with E-state index in [0.717, 1.165) is 62.8 Å². The van der Waals surface area contributed by atoms with Gasteiger partial charge in [-0.05, 0) is 45.6 Å². The molecule has 7 nitrogen and oxygen atoms in total. The third-order valence-corrected chi connectivity index (χ3v) is 6.51. The van der Waals surface area contributed by atoms with E-state index in [0.29, 0.717) is 6.61 Å². The Balaban J connectivity index is 1.73. The van der Waals surface area contributed by atoms with Gasteiger partial charge in [0, 0.05) is 30.5 Å². The fourth-order valence-electron chi connectivity index (χ4n) is 3.95. The number of thiophene rings is 1. The van der Waals surface area contributed by atoms with Gasteiger partial charge in [0.1, 0.15) is 22.7 Å². The molecule has 0 saturated carbocycles. The van der Waals surface area contributed by atoms with Gasteiger partial charge in [-0.15, -0.1) is 11.3 Å². The summed E-state index contributed by atoms with van der Waals surface area (Å²) in [5.41, 5.74) is 3.93. The summed E-state index contributed by atoms with van der Waals surface area (Å²) in [4.78, 5) is 17.3. The van der Waals surface area contributed by atoms with Crippen molar-refractivity contribution < 1.29 is 9.15 Å². The minimum atomic E-state index is -0.240. The van der Waals surface area contributed by atoms with Crippen molar-refractivity contribution in [3.05, 3.63) is 35.9 Å². The van der Waals surface area contributed by atoms with E-state index in [1.54, 1.807) is 23.9 Å². The van der Waals surface area contributed by atoms with Gasteiger partial charge in [0.05, 0.1) is 28.7 Å². The summed E-state index contributed by atoms with van der Waals surface area (Å²) in [6.45, 7) is 6.52. The number of anilines is 1. The number of ether oxygens (including phenoxy) is 1. The number of likely N-dealkylation sites (N-methyl/N-ethyl adjacent to an activating group) is 1. The Morgan fingerprint density at radius 3 is 2.87 bits per heavy atom. The van der Waals surface area contributed by atoms with E-state index in [1.807, 2.05) is 12.1 Å². The molecule has 5 rings (SSSR count). The van der Waals surface area contributed by atoms with E-state index in [1.165, 1.54) is 5.56 Å². The Labute approximate surface area is 179 Å². The van der Waals surface area contributed by atoms with Gasteiger partial charge in [0.2, 0.25) is 0 Å². The molecule has 30 heavy (non-hydrogen) atoms. The van der Waals surface area contributed by atoms with Crippen LogP contribution in [0, 0.1) is 0 Å². The predicted octanol–water partition coefficient (Wildman–Crippen LogP) is 4.32. The summed E-state index contributed by atoms with van der Waals surface area (Å²) in [7, 11) is 4.12. The number of nitrogens with one attached hydrogen (secondary N) is 1. The van der Waals surface area contributed by atoms with Crippen LogP contribution in [0.3, 0.4) is 0 Å². The van der Waals surface area contributed by atoms with Crippen LogP contribution in [-0.2, 0) is 17.8 Å². The van der Waals surface area contributed by atoms with Gasteiger partial charge < -0.3 is 19.4 Å². The van der Waals surface area contributed by atoms with Crippen LogP contribution < -0.4 is 5.32 Å². The molecule has 0 bridgehead atoms. The van der Waals surface area contributed by atoms with Gasteiger partial charge in [-0.2, -0.15) is 0 Å². The van der Waals surface area contributed by atoms with Gasteiger partial charge in [0.15, 0.2) is 5.76 Å². The van der Waals surface area contributed by atoms with E-state index in [9.17, 15) is 0 Å². The average Bonchev–Trinajstić information content (AvgIpc) is 3.34. The molecule has 0 spiro atoms. The molecule has 1 N–H and O–H groups in total. The predicted molar refractivity (Wildman–Crippen MR) is 120 cm³/mol. The third kappa shape index (κ3) is 3.34. The first kappa shape index (κ1) is 19.4. The first-order valence-corrected chi connectivity index (χ1v) is 10.9. The second-order valence-corrected chi connectivity index (χ2v) is 9.53. The lowest BCUT2D eigenvalue weighted by molar-refractivity contribution is -0.0395. The zero-order chi connectivity index (χ0) is 20.9. The number of rotatable bonds is 5. The standard InChI is InChI=1S/C22H25N5O2S/c1-22(2)10-13-14(11-29-22)17(15-6-5-9-28-15)26-21-16(13)18-19(30-21)20(25-12-24-18)23-7-8-27(3)4/h5-6,9,12H,7-8,10-11H2,1-4H3,(H,23,24,25). The molecule has 4 aromatic heterocycles. The molecule has 0 unspecified atom stereocenters. The minimum absolute atomic E-state index is 0.240. The van der Waals surface area contributed by atoms with Gasteiger partial charge in [0.25, 0.3) is 0 Å². The molecule has 4 aromatic rings. The monoisotopic (exact) mass is 423 g/mol. The zero-order valence-corrected chi connectivity index (χ0v) is 18.5. The molecule has 0 aliphatic carbocycles. The lowest BCUT2D eigenvalue weighted by Crippen LogP contribution is -2.32. The van der Waals surface area contributed by atoms with E-state index in [-0.39, 0.29) is 5.60 Å². The van der Waals surface area contributed by atoms with Crippen LogP contribution in [-0.4, -0.2) is 52.6 Å². The molecular formula is C22H25N5O2S. The summed E-state index contributed by atoms with van der Waals surface area (Å²) in [5.74, 6) is 1.63. The number of furan rings is 1. The lowest BCUT2D eigenvalue weighted by atomic mass is 9.89. The maximum atomic E-state index is 6.14. The van der Waals surface area contributed by atoms with Crippen molar-refractivity contribution >= 4 is 37.6 Å². The van der Waals surface area contributed by atoms with Crippen LogP contribution in [0.2, 0.25) is 0 Å². The van der Waals surface area contributed by atoms with Gasteiger partial charge in [-0.3, -0.25) is 0 Å². The van der Waals surface area contributed by atoms with Crippen LogP contribution >= 0.6 is 11.3 Å². The van der Waals surface area contributed by atoms with Crippen molar-refractivity contribution in [2.45, 2.75) is 32.5 Å². The second kappa shape index (κ2) is 7.30. The lowest BCUT2D eigenvalue weighted by Gasteiger charge is -2.32.